The second-order valence-electron chi connectivity index (χ2n) is 18.8. The Bertz CT molecular complexity index is 1410. The van der Waals surface area contributed by atoms with Gasteiger partial charge in [-0.05, 0) is 107 Å². The molecule has 0 spiro atoms. The Morgan fingerprint density at radius 3 is 1.87 bits per heavy atom. The van der Waals surface area contributed by atoms with Gasteiger partial charge in [-0.2, -0.15) is 0 Å². The van der Waals surface area contributed by atoms with Crippen LogP contribution in [0.1, 0.15) is 105 Å². The van der Waals surface area contributed by atoms with Gasteiger partial charge in [0.2, 0.25) is 0 Å². The lowest BCUT2D eigenvalue weighted by Gasteiger charge is -2.65. The summed E-state index contributed by atoms with van der Waals surface area (Å²) in [4.78, 5) is 11.9. The van der Waals surface area contributed by atoms with Crippen LogP contribution in [0.15, 0.2) is 11.6 Å². The Morgan fingerprint density at radius 1 is 0.691 bits per heavy atom. The molecule has 312 valence electrons. The van der Waals surface area contributed by atoms with E-state index < -0.39 is 90.9 Å². The van der Waals surface area contributed by atoms with E-state index in [1.165, 1.54) is 0 Å². The highest BCUT2D eigenvalue weighted by molar-refractivity contribution is 5.85. The largest absolute Gasteiger partial charge is 0.458 e. The molecule has 0 aromatic heterocycles. The Hall–Kier alpha value is -1.27. The number of hydrogen-bond donors (Lipinski definition) is 6. The topological polar surface area (TPSA) is 203 Å². The molecule has 4 saturated carbocycles. The molecule has 21 atom stereocenters. The van der Waals surface area contributed by atoms with Gasteiger partial charge in [0.1, 0.15) is 24.9 Å². The third-order valence-corrected chi connectivity index (χ3v) is 16.0. The van der Waals surface area contributed by atoms with Crippen LogP contribution in [0, 0.1) is 34.5 Å². The Morgan fingerprint density at radius 2 is 1.29 bits per heavy atom. The number of carbonyl (C=O) groups excluding carboxylic acids is 1. The molecule has 0 radical (unpaired) electrons. The van der Waals surface area contributed by atoms with Crippen LogP contribution >= 0.6 is 0 Å². The molecule has 0 amide bonds. The number of aliphatic hydroxyl groups is 6. The van der Waals surface area contributed by atoms with Crippen LogP contribution in [0.2, 0.25) is 0 Å². The number of rotatable bonds is 7. The molecule has 7 fully saturated rings. The fraction of sp³-hybridized carbons (Fsp3) is 0.927. The van der Waals surface area contributed by atoms with E-state index >= 15 is 0 Å². The standard InChI is InChI=1S/C41H64O14/c1-19-36(47)28(42)15-34(50-19)54-38-21(3)52-35(17-30(38)44)55-37-20(2)51-33(16-29(37)43)53-24-8-10-39(4)23(13-24)6-7-26-27(39)14-31(45)40(5)25(9-11-41(26,40)48)22-12-32(46)49-18-22/h12,19-21,23-31,33-38,42-45,47-48H,6-11,13-18H2,1-5H3/t19-,20-,21-,23-,24+,25-,26-,27+,28+,29+,30+,31-,33-,34-,35-,36-,37-,38-,39+,40+,41?/m1/s1. The van der Waals surface area contributed by atoms with E-state index in [0.29, 0.717) is 18.8 Å². The van der Waals surface area contributed by atoms with Gasteiger partial charge in [0, 0.05) is 30.8 Å². The quantitative estimate of drug-likeness (QED) is 0.162. The average molecular weight is 781 g/mol. The minimum absolute atomic E-state index is 0.0452. The van der Waals surface area contributed by atoms with Crippen molar-refractivity contribution in [3.8, 4) is 0 Å². The summed E-state index contributed by atoms with van der Waals surface area (Å²) in [5, 5.41) is 66.9. The van der Waals surface area contributed by atoms with E-state index in [1.54, 1.807) is 19.9 Å². The van der Waals surface area contributed by atoms with Gasteiger partial charge in [0.05, 0.1) is 54.4 Å². The molecule has 0 aromatic carbocycles. The molecule has 4 aliphatic carbocycles. The van der Waals surface area contributed by atoms with E-state index in [9.17, 15) is 35.4 Å². The fourth-order valence-electron chi connectivity index (χ4n) is 12.8. The molecule has 3 saturated heterocycles. The molecule has 4 heterocycles. The number of carbonyl (C=O) groups is 1. The molecular formula is C41H64O14. The van der Waals surface area contributed by atoms with Crippen molar-refractivity contribution >= 4 is 5.97 Å². The number of ether oxygens (including phenoxy) is 7. The van der Waals surface area contributed by atoms with Crippen molar-refractivity contribution in [1.82, 2.24) is 0 Å². The van der Waals surface area contributed by atoms with Crippen molar-refractivity contribution in [3.63, 3.8) is 0 Å². The highest BCUT2D eigenvalue weighted by Gasteiger charge is 2.71. The first-order chi connectivity index (χ1) is 26.0. The molecule has 0 aromatic rings. The van der Waals surface area contributed by atoms with E-state index in [1.807, 2.05) is 13.8 Å². The van der Waals surface area contributed by atoms with E-state index in [4.69, 9.17) is 33.2 Å². The maximum atomic E-state index is 12.6. The summed E-state index contributed by atoms with van der Waals surface area (Å²) in [5.41, 5.74) is -0.892. The predicted molar refractivity (Wildman–Crippen MR) is 193 cm³/mol. The number of fused-ring (bicyclic) bond motifs is 5. The van der Waals surface area contributed by atoms with Gasteiger partial charge in [0.15, 0.2) is 18.9 Å². The first kappa shape index (κ1) is 40.5. The molecule has 14 heteroatoms. The number of aliphatic hydroxyl groups excluding tert-OH is 5. The summed E-state index contributed by atoms with van der Waals surface area (Å²) >= 11 is 0. The van der Waals surface area contributed by atoms with Crippen LogP contribution in [-0.2, 0) is 38.0 Å². The van der Waals surface area contributed by atoms with Gasteiger partial charge in [-0.3, -0.25) is 0 Å². The highest BCUT2D eigenvalue weighted by Crippen LogP contribution is 2.70. The van der Waals surface area contributed by atoms with Crippen molar-refractivity contribution in [3.05, 3.63) is 11.6 Å². The third-order valence-electron chi connectivity index (χ3n) is 16.0. The third kappa shape index (κ3) is 6.95. The number of hydrogen-bond acceptors (Lipinski definition) is 14. The van der Waals surface area contributed by atoms with Gasteiger partial charge < -0.3 is 63.8 Å². The second kappa shape index (κ2) is 15.1. The molecular weight excluding hydrogens is 716 g/mol. The minimum Gasteiger partial charge on any atom is -0.458 e. The minimum atomic E-state index is -1.01. The van der Waals surface area contributed by atoms with Crippen LogP contribution in [0.25, 0.3) is 0 Å². The number of esters is 1. The molecule has 0 bridgehead atoms. The fourth-order valence-corrected chi connectivity index (χ4v) is 12.8. The predicted octanol–water partition coefficient (Wildman–Crippen LogP) is 2.22. The van der Waals surface area contributed by atoms with Crippen molar-refractivity contribution in [1.29, 1.82) is 0 Å². The lowest BCUT2D eigenvalue weighted by atomic mass is 9.42. The van der Waals surface area contributed by atoms with Crippen molar-refractivity contribution in [2.45, 2.75) is 197 Å². The first-order valence-corrected chi connectivity index (χ1v) is 20.9. The van der Waals surface area contributed by atoms with Gasteiger partial charge in [-0.25, -0.2) is 4.79 Å². The van der Waals surface area contributed by atoms with Gasteiger partial charge in [0.25, 0.3) is 0 Å². The summed E-state index contributed by atoms with van der Waals surface area (Å²) in [5.74, 6) is 0.204. The summed E-state index contributed by atoms with van der Waals surface area (Å²) in [6, 6.07) is 0. The highest BCUT2D eigenvalue weighted by atomic mass is 16.7. The van der Waals surface area contributed by atoms with E-state index in [2.05, 4.69) is 6.92 Å². The lowest BCUT2D eigenvalue weighted by Crippen LogP contribution is -2.67. The van der Waals surface area contributed by atoms with Crippen LogP contribution in [0.5, 0.6) is 0 Å². The van der Waals surface area contributed by atoms with E-state index in [0.717, 1.165) is 44.1 Å². The second-order valence-corrected chi connectivity index (χ2v) is 18.8. The first-order valence-electron chi connectivity index (χ1n) is 20.9. The molecule has 8 rings (SSSR count). The van der Waals surface area contributed by atoms with E-state index in [-0.39, 0.29) is 61.1 Å². The van der Waals surface area contributed by atoms with Crippen LogP contribution < -0.4 is 0 Å². The van der Waals surface area contributed by atoms with Crippen LogP contribution in [0.3, 0.4) is 0 Å². The average Bonchev–Trinajstić information content (AvgIpc) is 3.67. The van der Waals surface area contributed by atoms with Gasteiger partial charge in [-0.1, -0.05) is 13.8 Å². The SMILES string of the molecule is C[C@H]1O[C@H](O[C@H]2[C@@H](O)C[C@@H](O[C@H]3[C@@H](O)C[C@@H](O[C@H]4CC[C@@]5(C)[C@H](CC[C@@H]6[C@@H]5C[C@@H](O)[C@]5(C)[C@@H](C7=CC(=O)OC7)CCC65O)C4)O[C@@H]3C)O[C@@H]2C)C[C@H](O)[C@@H]1O. The lowest BCUT2D eigenvalue weighted by molar-refractivity contribution is -0.336. The maximum Gasteiger partial charge on any atom is 0.331 e. The van der Waals surface area contributed by atoms with Gasteiger partial charge >= 0.3 is 5.97 Å². The zero-order valence-electron chi connectivity index (χ0n) is 32.9. The molecule has 8 aliphatic rings. The van der Waals surface area contributed by atoms with Crippen LogP contribution in [-0.4, -0.2) is 135 Å². The Kier molecular flexibility index (Phi) is 11.1. The zero-order valence-corrected chi connectivity index (χ0v) is 32.9. The summed E-state index contributed by atoms with van der Waals surface area (Å²) in [6.07, 6.45) is -1.51. The molecule has 6 N–H and O–H groups in total. The maximum absolute atomic E-state index is 12.6. The monoisotopic (exact) mass is 780 g/mol. The Labute approximate surface area is 323 Å². The molecule has 55 heavy (non-hydrogen) atoms. The molecule has 14 nitrogen and oxygen atoms in total. The van der Waals surface area contributed by atoms with Crippen LogP contribution in [0.4, 0.5) is 0 Å². The summed E-state index contributed by atoms with van der Waals surface area (Å²) in [6.45, 7) is 9.90. The van der Waals surface area contributed by atoms with Crippen molar-refractivity contribution in [2.24, 2.45) is 34.5 Å². The van der Waals surface area contributed by atoms with Crippen molar-refractivity contribution < 1.29 is 68.6 Å². The smallest absolute Gasteiger partial charge is 0.331 e. The summed E-state index contributed by atoms with van der Waals surface area (Å²) in [7, 11) is 0. The number of cyclic esters (lactones) is 1. The van der Waals surface area contributed by atoms with Gasteiger partial charge in [-0.15, -0.1) is 0 Å². The Balaban J connectivity index is 0.837. The zero-order chi connectivity index (χ0) is 39.2. The normalized spacial score (nSPS) is 55.5. The molecule has 1 unspecified atom stereocenters. The van der Waals surface area contributed by atoms with Crippen molar-refractivity contribution in [2.75, 3.05) is 6.61 Å². The molecule has 4 aliphatic heterocycles. The summed E-state index contributed by atoms with van der Waals surface area (Å²) < 4.78 is 42.1.